The molecule has 0 amide bonds. The maximum Gasteiger partial charge on any atom is 0.223 e. The van der Waals surface area contributed by atoms with Crippen molar-refractivity contribution in [3.8, 4) is 22.5 Å². The molecule has 0 saturated carbocycles. The number of aromatic amines is 1. The normalized spacial score (nSPS) is 10.9. The Morgan fingerprint density at radius 2 is 1.91 bits per heavy atom. The topological polar surface area (TPSA) is 66.5 Å². The van der Waals surface area contributed by atoms with E-state index in [2.05, 4.69) is 25.5 Å². The first kappa shape index (κ1) is 14.2. The van der Waals surface area contributed by atoms with Crippen molar-refractivity contribution in [3.05, 3.63) is 48.5 Å². The van der Waals surface area contributed by atoms with Crippen LogP contribution in [-0.4, -0.2) is 26.2 Å². The van der Waals surface area contributed by atoms with Crippen LogP contribution < -0.4 is 5.32 Å². The van der Waals surface area contributed by atoms with Crippen LogP contribution in [-0.2, 0) is 0 Å². The van der Waals surface area contributed by atoms with Crippen LogP contribution in [0, 0.1) is 5.82 Å². The Labute approximate surface area is 127 Å². The molecular formula is C16H16FN5. The molecule has 0 saturated heterocycles. The van der Waals surface area contributed by atoms with Crippen molar-refractivity contribution < 1.29 is 4.39 Å². The van der Waals surface area contributed by atoms with Gasteiger partial charge in [0.2, 0.25) is 5.95 Å². The van der Waals surface area contributed by atoms with Crippen LogP contribution >= 0.6 is 0 Å². The zero-order valence-corrected chi connectivity index (χ0v) is 12.3. The minimum Gasteiger partial charge on any atom is -0.352 e. The standard InChI is InChI=1S/C16H16FN5/c1-10(2)20-16-18-8-7-14(21-16)13-9-19-22-15(13)11-3-5-12(17)6-4-11/h3-10H,1-2H3,(H,19,22)(H,18,20,21). The molecule has 2 heterocycles. The van der Waals surface area contributed by atoms with Gasteiger partial charge in [-0.05, 0) is 44.2 Å². The monoisotopic (exact) mass is 297 g/mol. The zero-order chi connectivity index (χ0) is 15.5. The van der Waals surface area contributed by atoms with Crippen LogP contribution in [0.1, 0.15) is 13.8 Å². The highest BCUT2D eigenvalue weighted by Crippen LogP contribution is 2.29. The fraction of sp³-hybridized carbons (Fsp3) is 0.188. The van der Waals surface area contributed by atoms with Gasteiger partial charge >= 0.3 is 0 Å². The van der Waals surface area contributed by atoms with E-state index in [4.69, 9.17) is 0 Å². The molecule has 1 aromatic carbocycles. The van der Waals surface area contributed by atoms with E-state index in [1.165, 1.54) is 12.1 Å². The van der Waals surface area contributed by atoms with E-state index >= 15 is 0 Å². The maximum atomic E-state index is 13.1. The average Bonchev–Trinajstić information content (AvgIpc) is 2.97. The predicted octanol–water partition coefficient (Wildman–Crippen LogP) is 3.49. The number of halogens is 1. The maximum absolute atomic E-state index is 13.1. The molecule has 5 nitrogen and oxygen atoms in total. The lowest BCUT2D eigenvalue weighted by molar-refractivity contribution is 0.628. The van der Waals surface area contributed by atoms with Crippen molar-refractivity contribution >= 4 is 5.95 Å². The molecule has 0 aliphatic heterocycles. The zero-order valence-electron chi connectivity index (χ0n) is 12.3. The van der Waals surface area contributed by atoms with E-state index in [0.717, 1.165) is 22.5 Å². The largest absolute Gasteiger partial charge is 0.352 e. The Hall–Kier alpha value is -2.76. The summed E-state index contributed by atoms with van der Waals surface area (Å²) >= 11 is 0. The molecule has 0 aliphatic rings. The molecule has 0 bridgehead atoms. The van der Waals surface area contributed by atoms with Crippen LogP contribution in [0.3, 0.4) is 0 Å². The number of benzene rings is 1. The first-order valence-electron chi connectivity index (χ1n) is 7.03. The molecule has 2 N–H and O–H groups in total. The van der Waals surface area contributed by atoms with Gasteiger partial charge < -0.3 is 5.32 Å². The van der Waals surface area contributed by atoms with Crippen LogP contribution in [0.15, 0.2) is 42.7 Å². The van der Waals surface area contributed by atoms with E-state index in [1.807, 2.05) is 19.9 Å². The number of nitrogens with one attached hydrogen (secondary N) is 2. The van der Waals surface area contributed by atoms with Gasteiger partial charge in [-0.15, -0.1) is 0 Å². The van der Waals surface area contributed by atoms with Crippen LogP contribution in [0.2, 0.25) is 0 Å². The van der Waals surface area contributed by atoms with Gasteiger partial charge in [0.05, 0.1) is 17.6 Å². The number of nitrogens with zero attached hydrogens (tertiary/aromatic N) is 3. The average molecular weight is 297 g/mol. The number of anilines is 1. The van der Waals surface area contributed by atoms with Crippen molar-refractivity contribution in [2.24, 2.45) is 0 Å². The fourth-order valence-electron chi connectivity index (χ4n) is 2.15. The number of hydrogen-bond acceptors (Lipinski definition) is 4. The minimum absolute atomic E-state index is 0.246. The van der Waals surface area contributed by atoms with E-state index in [-0.39, 0.29) is 11.9 Å². The van der Waals surface area contributed by atoms with Crippen molar-refractivity contribution in [3.63, 3.8) is 0 Å². The Bertz CT molecular complexity index is 764. The Morgan fingerprint density at radius 3 is 2.64 bits per heavy atom. The second-order valence-electron chi connectivity index (χ2n) is 5.23. The highest BCUT2D eigenvalue weighted by Gasteiger charge is 2.12. The summed E-state index contributed by atoms with van der Waals surface area (Å²) in [5.74, 6) is 0.300. The summed E-state index contributed by atoms with van der Waals surface area (Å²) < 4.78 is 13.1. The summed E-state index contributed by atoms with van der Waals surface area (Å²) in [6.45, 7) is 4.05. The Balaban J connectivity index is 2.00. The summed E-state index contributed by atoms with van der Waals surface area (Å²) in [6.07, 6.45) is 3.41. The van der Waals surface area contributed by atoms with Crippen LogP contribution in [0.25, 0.3) is 22.5 Å². The van der Waals surface area contributed by atoms with Gasteiger partial charge in [-0.1, -0.05) is 0 Å². The van der Waals surface area contributed by atoms with Gasteiger partial charge in [-0.3, -0.25) is 5.10 Å². The minimum atomic E-state index is -0.268. The quantitative estimate of drug-likeness (QED) is 0.773. The molecular weight excluding hydrogens is 281 g/mol. The third-order valence-electron chi connectivity index (χ3n) is 3.12. The summed E-state index contributed by atoms with van der Waals surface area (Å²) in [4.78, 5) is 8.70. The summed E-state index contributed by atoms with van der Waals surface area (Å²) in [6, 6.07) is 8.33. The van der Waals surface area contributed by atoms with Crippen molar-refractivity contribution in [1.82, 2.24) is 20.2 Å². The summed E-state index contributed by atoms with van der Waals surface area (Å²) in [7, 11) is 0. The van der Waals surface area contributed by atoms with Crippen molar-refractivity contribution in [2.45, 2.75) is 19.9 Å². The molecule has 0 atom stereocenters. The first-order valence-corrected chi connectivity index (χ1v) is 7.03. The van der Waals surface area contributed by atoms with Gasteiger partial charge in [0, 0.05) is 23.4 Å². The number of rotatable bonds is 4. The molecule has 22 heavy (non-hydrogen) atoms. The van der Waals surface area contributed by atoms with Gasteiger partial charge in [0.25, 0.3) is 0 Å². The summed E-state index contributed by atoms with van der Waals surface area (Å²) in [5, 5.41) is 10.2. The highest BCUT2D eigenvalue weighted by atomic mass is 19.1. The molecule has 3 rings (SSSR count). The molecule has 3 aromatic rings. The molecule has 6 heteroatoms. The van der Waals surface area contributed by atoms with Gasteiger partial charge in [-0.25, -0.2) is 14.4 Å². The third kappa shape index (κ3) is 2.95. The molecule has 0 fully saturated rings. The van der Waals surface area contributed by atoms with E-state index in [0.29, 0.717) is 5.95 Å². The van der Waals surface area contributed by atoms with Gasteiger partial charge in [0.1, 0.15) is 5.82 Å². The first-order chi connectivity index (χ1) is 10.6. The molecule has 0 aliphatic carbocycles. The molecule has 112 valence electrons. The predicted molar refractivity (Wildman–Crippen MR) is 83.8 cm³/mol. The van der Waals surface area contributed by atoms with E-state index < -0.39 is 0 Å². The number of hydrogen-bond donors (Lipinski definition) is 2. The number of aromatic nitrogens is 4. The van der Waals surface area contributed by atoms with Gasteiger partial charge in [0.15, 0.2) is 0 Å². The second kappa shape index (κ2) is 5.93. The number of H-pyrrole nitrogens is 1. The van der Waals surface area contributed by atoms with Crippen molar-refractivity contribution in [1.29, 1.82) is 0 Å². The lowest BCUT2D eigenvalue weighted by atomic mass is 10.1. The lowest BCUT2D eigenvalue weighted by Crippen LogP contribution is -2.12. The molecule has 0 unspecified atom stereocenters. The van der Waals surface area contributed by atoms with Gasteiger partial charge in [-0.2, -0.15) is 5.10 Å². The van der Waals surface area contributed by atoms with Crippen LogP contribution in [0.5, 0.6) is 0 Å². The Kier molecular flexibility index (Phi) is 3.82. The third-order valence-corrected chi connectivity index (χ3v) is 3.12. The lowest BCUT2D eigenvalue weighted by Gasteiger charge is -2.09. The SMILES string of the molecule is CC(C)Nc1nccc(-c2cn[nH]c2-c2ccc(F)cc2)n1. The second-order valence-corrected chi connectivity index (χ2v) is 5.23. The summed E-state index contributed by atoms with van der Waals surface area (Å²) in [5.41, 5.74) is 3.26. The van der Waals surface area contributed by atoms with Crippen LogP contribution in [0.4, 0.5) is 10.3 Å². The van der Waals surface area contributed by atoms with E-state index in [9.17, 15) is 4.39 Å². The molecule has 0 spiro atoms. The Morgan fingerprint density at radius 1 is 1.14 bits per heavy atom. The molecule has 0 radical (unpaired) electrons. The van der Waals surface area contributed by atoms with Crippen molar-refractivity contribution in [2.75, 3.05) is 5.32 Å². The fourth-order valence-corrected chi connectivity index (χ4v) is 2.15. The van der Waals surface area contributed by atoms with E-state index in [1.54, 1.807) is 24.5 Å². The molecule has 2 aromatic heterocycles. The smallest absolute Gasteiger partial charge is 0.223 e. The highest BCUT2D eigenvalue weighted by molar-refractivity contribution is 5.78.